The standard InChI is InChI=1S/C17H16ClNO3S/c1-21-12-4-2-11(3-5-12)14-10-13(22-19-14)6-7-15(20)16-8-9-17(18)23-16/h2-5,8-9,13H,6-7,10H2,1H3. The number of carbonyl (C=O) groups excluding carboxylic acids is 1. The molecule has 0 bridgehead atoms. The summed E-state index contributed by atoms with van der Waals surface area (Å²) in [6, 6.07) is 11.2. The lowest BCUT2D eigenvalue weighted by molar-refractivity contribution is 0.0720. The van der Waals surface area contributed by atoms with Gasteiger partial charge in [0.2, 0.25) is 0 Å². The lowest BCUT2D eigenvalue weighted by atomic mass is 10.0. The predicted molar refractivity (Wildman–Crippen MR) is 91.9 cm³/mol. The van der Waals surface area contributed by atoms with Gasteiger partial charge in [-0.2, -0.15) is 0 Å². The molecule has 0 amide bonds. The van der Waals surface area contributed by atoms with Crippen LogP contribution in [0.15, 0.2) is 41.6 Å². The molecule has 0 N–H and O–H groups in total. The van der Waals surface area contributed by atoms with Crippen molar-refractivity contribution in [1.29, 1.82) is 0 Å². The van der Waals surface area contributed by atoms with Gasteiger partial charge in [-0.1, -0.05) is 16.8 Å². The molecule has 1 aromatic carbocycles. The number of carbonyl (C=O) groups is 1. The van der Waals surface area contributed by atoms with Crippen LogP contribution in [0.5, 0.6) is 5.75 Å². The number of methoxy groups -OCH3 is 1. The highest BCUT2D eigenvalue weighted by Crippen LogP contribution is 2.25. The SMILES string of the molecule is COc1ccc(C2=NOC(CCC(=O)c3ccc(Cl)s3)C2)cc1. The second-order valence-corrected chi connectivity index (χ2v) is 6.98. The number of halogens is 1. The number of ether oxygens (including phenoxy) is 1. The van der Waals surface area contributed by atoms with Crippen LogP contribution in [0.25, 0.3) is 0 Å². The van der Waals surface area contributed by atoms with Crippen molar-refractivity contribution in [3.8, 4) is 5.75 Å². The first-order valence-electron chi connectivity index (χ1n) is 7.31. The smallest absolute Gasteiger partial charge is 0.172 e. The Labute approximate surface area is 143 Å². The third-order valence-electron chi connectivity index (χ3n) is 3.70. The molecule has 1 aliphatic rings. The number of ketones is 1. The average molecular weight is 350 g/mol. The Hall–Kier alpha value is -1.85. The van der Waals surface area contributed by atoms with E-state index < -0.39 is 0 Å². The minimum absolute atomic E-state index is 0.0496. The van der Waals surface area contributed by atoms with E-state index >= 15 is 0 Å². The maximum absolute atomic E-state index is 12.1. The van der Waals surface area contributed by atoms with E-state index in [1.54, 1.807) is 19.2 Å². The Balaban J connectivity index is 1.51. The predicted octanol–water partition coefficient (Wildman–Crippen LogP) is 4.57. The molecule has 2 aromatic rings. The maximum atomic E-state index is 12.1. The molecular weight excluding hydrogens is 334 g/mol. The fourth-order valence-corrected chi connectivity index (χ4v) is 3.43. The van der Waals surface area contributed by atoms with Crippen LogP contribution >= 0.6 is 22.9 Å². The third-order valence-corrected chi connectivity index (χ3v) is 4.97. The van der Waals surface area contributed by atoms with Gasteiger partial charge in [-0.25, -0.2) is 0 Å². The molecule has 1 aromatic heterocycles. The first-order chi connectivity index (χ1) is 11.2. The molecule has 3 rings (SSSR count). The number of nitrogens with zero attached hydrogens (tertiary/aromatic N) is 1. The molecule has 0 fully saturated rings. The van der Waals surface area contributed by atoms with Gasteiger partial charge in [-0.3, -0.25) is 4.79 Å². The van der Waals surface area contributed by atoms with Gasteiger partial charge in [0.1, 0.15) is 11.9 Å². The van der Waals surface area contributed by atoms with Crippen LogP contribution in [0.2, 0.25) is 4.34 Å². The van der Waals surface area contributed by atoms with Gasteiger partial charge in [-0.15, -0.1) is 11.3 Å². The zero-order valence-electron chi connectivity index (χ0n) is 12.6. The van der Waals surface area contributed by atoms with Crippen LogP contribution in [-0.4, -0.2) is 24.7 Å². The summed E-state index contributed by atoms with van der Waals surface area (Å²) in [5.74, 6) is 0.911. The number of thiophene rings is 1. The van der Waals surface area contributed by atoms with Crippen LogP contribution in [0.4, 0.5) is 0 Å². The van der Waals surface area contributed by atoms with Crippen molar-refractivity contribution in [2.45, 2.75) is 25.4 Å². The molecule has 0 saturated carbocycles. The Bertz CT molecular complexity index is 724. The molecule has 120 valence electrons. The first-order valence-corrected chi connectivity index (χ1v) is 8.51. The van der Waals surface area contributed by atoms with Crippen molar-refractivity contribution in [2.24, 2.45) is 5.16 Å². The van der Waals surface area contributed by atoms with Crippen molar-refractivity contribution < 1.29 is 14.4 Å². The monoisotopic (exact) mass is 349 g/mol. The summed E-state index contributed by atoms with van der Waals surface area (Å²) in [6.45, 7) is 0. The number of benzene rings is 1. The van der Waals surface area contributed by atoms with Crippen molar-refractivity contribution in [3.05, 3.63) is 51.2 Å². The van der Waals surface area contributed by atoms with Crippen LogP contribution in [0, 0.1) is 0 Å². The van der Waals surface area contributed by atoms with Crippen LogP contribution in [0.1, 0.15) is 34.5 Å². The van der Waals surface area contributed by atoms with E-state index in [-0.39, 0.29) is 11.9 Å². The topological polar surface area (TPSA) is 47.9 Å². The third kappa shape index (κ3) is 3.92. The second kappa shape index (κ2) is 7.15. The molecule has 0 saturated heterocycles. The summed E-state index contributed by atoms with van der Waals surface area (Å²) in [5, 5.41) is 4.14. The van der Waals surface area contributed by atoms with Gasteiger partial charge in [0.25, 0.3) is 0 Å². The second-order valence-electron chi connectivity index (χ2n) is 5.26. The first kappa shape index (κ1) is 16.0. The lowest BCUT2D eigenvalue weighted by Crippen LogP contribution is -2.11. The fourth-order valence-electron chi connectivity index (χ4n) is 2.42. The highest BCUT2D eigenvalue weighted by atomic mass is 35.5. The van der Waals surface area contributed by atoms with E-state index in [0.717, 1.165) is 17.0 Å². The van der Waals surface area contributed by atoms with Crippen molar-refractivity contribution in [1.82, 2.24) is 0 Å². The van der Waals surface area contributed by atoms with Gasteiger partial charge in [-0.05, 0) is 48.4 Å². The molecule has 1 aliphatic heterocycles. The molecule has 0 spiro atoms. The summed E-state index contributed by atoms with van der Waals surface area (Å²) in [7, 11) is 1.64. The Morgan fingerprint density at radius 3 is 2.78 bits per heavy atom. The van der Waals surface area contributed by atoms with Crippen LogP contribution < -0.4 is 4.74 Å². The van der Waals surface area contributed by atoms with Gasteiger partial charge < -0.3 is 9.57 Å². The molecule has 2 heterocycles. The summed E-state index contributed by atoms with van der Waals surface area (Å²) >= 11 is 7.17. The highest BCUT2D eigenvalue weighted by Gasteiger charge is 2.23. The van der Waals surface area contributed by atoms with E-state index in [2.05, 4.69) is 5.16 Å². The maximum Gasteiger partial charge on any atom is 0.172 e. The minimum atomic E-state index is -0.0496. The van der Waals surface area contributed by atoms with E-state index in [9.17, 15) is 4.79 Å². The fraction of sp³-hybridized carbons (Fsp3) is 0.294. The van der Waals surface area contributed by atoms with Gasteiger partial charge in [0.15, 0.2) is 5.78 Å². The zero-order chi connectivity index (χ0) is 16.2. The normalized spacial score (nSPS) is 16.8. The Morgan fingerprint density at radius 2 is 2.13 bits per heavy atom. The molecule has 1 unspecified atom stereocenters. The van der Waals surface area contributed by atoms with Crippen LogP contribution in [0.3, 0.4) is 0 Å². The lowest BCUT2D eigenvalue weighted by Gasteiger charge is -2.06. The van der Waals surface area contributed by atoms with Gasteiger partial charge >= 0.3 is 0 Å². The van der Waals surface area contributed by atoms with Crippen molar-refractivity contribution >= 4 is 34.4 Å². The molecule has 23 heavy (non-hydrogen) atoms. The number of hydrogen-bond donors (Lipinski definition) is 0. The minimum Gasteiger partial charge on any atom is -0.497 e. The molecule has 0 radical (unpaired) electrons. The summed E-state index contributed by atoms with van der Waals surface area (Å²) in [4.78, 5) is 18.2. The van der Waals surface area contributed by atoms with Gasteiger partial charge in [0.05, 0.1) is 22.0 Å². The molecule has 0 aliphatic carbocycles. The van der Waals surface area contributed by atoms with E-state index in [0.29, 0.717) is 28.5 Å². The highest BCUT2D eigenvalue weighted by molar-refractivity contribution is 7.18. The summed E-state index contributed by atoms with van der Waals surface area (Å²) in [6.07, 6.45) is 1.75. The Kier molecular flexibility index (Phi) is 4.98. The largest absolute Gasteiger partial charge is 0.497 e. The summed E-state index contributed by atoms with van der Waals surface area (Å²) < 4.78 is 5.78. The van der Waals surface area contributed by atoms with Gasteiger partial charge in [0, 0.05) is 12.8 Å². The van der Waals surface area contributed by atoms with Crippen LogP contribution in [-0.2, 0) is 4.84 Å². The number of oxime groups is 1. The van der Waals surface area contributed by atoms with Crippen molar-refractivity contribution in [2.75, 3.05) is 7.11 Å². The summed E-state index contributed by atoms with van der Waals surface area (Å²) in [5.41, 5.74) is 1.92. The number of hydrogen-bond acceptors (Lipinski definition) is 5. The number of rotatable bonds is 6. The average Bonchev–Trinajstić information content (AvgIpc) is 3.22. The number of Topliss-reactive ketones (excluding diaryl/α,β-unsaturated/α-hetero) is 1. The van der Waals surface area contributed by atoms with E-state index in [4.69, 9.17) is 21.2 Å². The van der Waals surface area contributed by atoms with E-state index in [1.807, 2.05) is 24.3 Å². The molecule has 6 heteroatoms. The Morgan fingerprint density at radius 1 is 1.35 bits per heavy atom. The quantitative estimate of drug-likeness (QED) is 0.718. The van der Waals surface area contributed by atoms with E-state index in [1.165, 1.54) is 11.3 Å². The molecule has 1 atom stereocenters. The molecular formula is C17H16ClNO3S. The molecule has 4 nitrogen and oxygen atoms in total. The zero-order valence-corrected chi connectivity index (χ0v) is 14.2. The van der Waals surface area contributed by atoms with Crippen molar-refractivity contribution in [3.63, 3.8) is 0 Å².